The number of amides is 4. The molecule has 2 N–H and O–H groups in total. The van der Waals surface area contributed by atoms with E-state index in [-0.39, 0.29) is 16.3 Å². The van der Waals surface area contributed by atoms with E-state index in [1.165, 1.54) is 42.7 Å². The highest BCUT2D eigenvalue weighted by atomic mass is 35.5. The number of urea groups is 1. The summed E-state index contributed by atoms with van der Waals surface area (Å²) in [5.74, 6) is -2.78. The molecule has 7 nitrogen and oxygen atoms in total. The number of alkyl halides is 3. The molecule has 11 heteroatoms. The van der Waals surface area contributed by atoms with Gasteiger partial charge in [0.2, 0.25) is 0 Å². The van der Waals surface area contributed by atoms with Crippen LogP contribution < -0.4 is 10.6 Å². The van der Waals surface area contributed by atoms with E-state index in [1.54, 1.807) is 10.6 Å². The zero-order valence-electron chi connectivity index (χ0n) is 13.3. The Labute approximate surface area is 155 Å². The number of carbonyl (C=O) groups is 3. The molecule has 3 rings (SSSR count). The van der Waals surface area contributed by atoms with Gasteiger partial charge in [-0.05, 0) is 36.4 Å². The van der Waals surface area contributed by atoms with Crippen LogP contribution in [0.25, 0.3) is 0 Å². The maximum atomic E-state index is 13.7. The lowest BCUT2D eigenvalue weighted by Gasteiger charge is -2.29. The standard InChI is InChI=1S/C16H11ClF3N3O4/c17-10-5-3-9(4-6-10)12(24)21-15(16(18,19)20)13(25)23(14(26)22-15)8-11-2-1-7-27-11/h1-7H,8H2,(H,21,24)(H,22,26)/t15-/m1/s1. The van der Waals surface area contributed by atoms with Crippen molar-refractivity contribution < 1.29 is 32.0 Å². The van der Waals surface area contributed by atoms with E-state index in [0.29, 0.717) is 4.90 Å². The number of carbonyl (C=O) groups excluding carboxylic acids is 3. The predicted octanol–water partition coefficient (Wildman–Crippen LogP) is 2.67. The number of imide groups is 1. The first-order valence-corrected chi connectivity index (χ1v) is 7.83. The Morgan fingerprint density at radius 2 is 1.89 bits per heavy atom. The number of nitrogens with one attached hydrogen (secondary N) is 2. The number of rotatable bonds is 4. The van der Waals surface area contributed by atoms with Crippen molar-refractivity contribution >= 4 is 29.4 Å². The summed E-state index contributed by atoms with van der Waals surface area (Å²) in [6.45, 7) is -0.522. The number of hydrogen-bond acceptors (Lipinski definition) is 4. The molecule has 1 fully saturated rings. The predicted molar refractivity (Wildman–Crippen MR) is 85.5 cm³/mol. The van der Waals surface area contributed by atoms with Gasteiger partial charge in [0.15, 0.2) is 0 Å². The minimum atomic E-state index is -5.29. The number of hydrogen-bond donors (Lipinski definition) is 2. The lowest BCUT2D eigenvalue weighted by atomic mass is 10.1. The Kier molecular flexibility index (Phi) is 4.60. The third-order valence-corrected chi connectivity index (χ3v) is 4.08. The molecule has 1 aliphatic rings. The molecule has 142 valence electrons. The molecule has 1 aromatic heterocycles. The first kappa shape index (κ1) is 18.8. The van der Waals surface area contributed by atoms with Crippen LogP contribution in [0.1, 0.15) is 16.1 Å². The van der Waals surface area contributed by atoms with Gasteiger partial charge < -0.3 is 9.73 Å². The zero-order chi connectivity index (χ0) is 19.8. The lowest BCUT2D eigenvalue weighted by Crippen LogP contribution is -2.69. The molecule has 0 spiro atoms. The zero-order valence-corrected chi connectivity index (χ0v) is 14.1. The van der Waals surface area contributed by atoms with E-state index in [0.717, 1.165) is 0 Å². The molecule has 1 aromatic carbocycles. The molecule has 0 aliphatic carbocycles. The fraction of sp³-hybridized carbons (Fsp3) is 0.188. The minimum Gasteiger partial charge on any atom is -0.467 e. The van der Waals surface area contributed by atoms with Crippen molar-refractivity contribution in [2.75, 3.05) is 0 Å². The van der Waals surface area contributed by atoms with Crippen LogP contribution in [-0.2, 0) is 11.3 Å². The van der Waals surface area contributed by atoms with Crippen molar-refractivity contribution in [2.45, 2.75) is 18.4 Å². The summed E-state index contributed by atoms with van der Waals surface area (Å²) in [5.41, 5.74) is -3.76. The fourth-order valence-corrected chi connectivity index (χ4v) is 2.60. The van der Waals surface area contributed by atoms with Crippen molar-refractivity contribution in [3.8, 4) is 0 Å². The summed E-state index contributed by atoms with van der Waals surface area (Å²) in [5, 5.41) is 3.41. The van der Waals surface area contributed by atoms with Crippen LogP contribution in [0.4, 0.5) is 18.0 Å². The third-order valence-electron chi connectivity index (χ3n) is 3.83. The van der Waals surface area contributed by atoms with E-state index in [2.05, 4.69) is 0 Å². The first-order valence-electron chi connectivity index (χ1n) is 7.45. The molecule has 1 aliphatic heterocycles. The SMILES string of the molecule is O=C(N[C@@]1(C(F)(F)F)NC(=O)N(Cc2ccco2)C1=O)c1ccc(Cl)cc1. The van der Waals surface area contributed by atoms with Gasteiger partial charge in [-0.1, -0.05) is 11.6 Å². The molecule has 4 amide bonds. The van der Waals surface area contributed by atoms with Crippen molar-refractivity contribution in [3.63, 3.8) is 0 Å². The maximum absolute atomic E-state index is 13.7. The van der Waals surface area contributed by atoms with Crippen molar-refractivity contribution in [3.05, 3.63) is 59.0 Å². The summed E-state index contributed by atoms with van der Waals surface area (Å²) >= 11 is 5.68. The van der Waals surface area contributed by atoms with Gasteiger partial charge in [0, 0.05) is 10.6 Å². The molecule has 2 heterocycles. The molecule has 0 unspecified atom stereocenters. The van der Waals surface area contributed by atoms with Crippen molar-refractivity contribution in [2.24, 2.45) is 0 Å². The lowest BCUT2D eigenvalue weighted by molar-refractivity contribution is -0.200. The van der Waals surface area contributed by atoms with Crippen molar-refractivity contribution in [1.82, 2.24) is 15.5 Å². The van der Waals surface area contributed by atoms with Crippen LogP contribution in [0.3, 0.4) is 0 Å². The normalized spacial score (nSPS) is 19.9. The number of halogens is 4. The molecule has 1 saturated heterocycles. The third kappa shape index (κ3) is 3.35. The monoisotopic (exact) mass is 401 g/mol. The quantitative estimate of drug-likeness (QED) is 0.770. The second-order valence-electron chi connectivity index (χ2n) is 5.61. The summed E-state index contributed by atoms with van der Waals surface area (Å²) in [6, 6.07) is 6.50. The topological polar surface area (TPSA) is 91.7 Å². The van der Waals surface area contributed by atoms with E-state index in [1.807, 2.05) is 0 Å². The first-order chi connectivity index (χ1) is 12.6. The van der Waals surface area contributed by atoms with Crippen LogP contribution in [0.2, 0.25) is 5.02 Å². The molecule has 1 atom stereocenters. The van der Waals surface area contributed by atoms with Gasteiger partial charge in [-0.25, -0.2) is 4.79 Å². The summed E-state index contributed by atoms with van der Waals surface area (Å²) < 4.78 is 46.1. The Bertz CT molecular complexity index is 883. The van der Waals surface area contributed by atoms with E-state index in [9.17, 15) is 27.6 Å². The molecular weight excluding hydrogens is 391 g/mol. The highest BCUT2D eigenvalue weighted by molar-refractivity contribution is 6.30. The summed E-state index contributed by atoms with van der Waals surface area (Å²) in [4.78, 5) is 37.1. The van der Waals surface area contributed by atoms with Gasteiger partial charge >= 0.3 is 12.2 Å². The van der Waals surface area contributed by atoms with Gasteiger partial charge in [0.05, 0.1) is 12.8 Å². The van der Waals surface area contributed by atoms with Gasteiger partial charge in [-0.15, -0.1) is 0 Å². The Balaban J connectivity index is 1.91. The van der Waals surface area contributed by atoms with Gasteiger partial charge in [0.1, 0.15) is 5.76 Å². The van der Waals surface area contributed by atoms with Gasteiger partial charge in [-0.2, -0.15) is 13.2 Å². The summed E-state index contributed by atoms with van der Waals surface area (Å²) in [7, 11) is 0. The largest absolute Gasteiger partial charge is 0.467 e. The molecule has 0 saturated carbocycles. The Morgan fingerprint density at radius 3 is 2.44 bits per heavy atom. The molecule has 27 heavy (non-hydrogen) atoms. The van der Waals surface area contributed by atoms with Crippen LogP contribution in [0.15, 0.2) is 47.1 Å². The van der Waals surface area contributed by atoms with Crippen LogP contribution in [0.5, 0.6) is 0 Å². The number of nitrogens with zero attached hydrogens (tertiary/aromatic N) is 1. The summed E-state index contributed by atoms with van der Waals surface area (Å²) in [6.07, 6.45) is -4.05. The average molecular weight is 402 g/mol. The highest BCUT2D eigenvalue weighted by Gasteiger charge is 2.68. The Morgan fingerprint density at radius 1 is 1.22 bits per heavy atom. The van der Waals surface area contributed by atoms with E-state index >= 15 is 0 Å². The average Bonchev–Trinajstić information content (AvgIpc) is 3.18. The second-order valence-corrected chi connectivity index (χ2v) is 6.05. The van der Waals surface area contributed by atoms with Crippen LogP contribution in [0, 0.1) is 0 Å². The molecule has 2 aromatic rings. The van der Waals surface area contributed by atoms with Crippen LogP contribution >= 0.6 is 11.6 Å². The Hall–Kier alpha value is -3.01. The fourth-order valence-electron chi connectivity index (χ4n) is 2.47. The maximum Gasteiger partial charge on any atom is 0.440 e. The number of benzene rings is 1. The molecular formula is C16H11ClF3N3O4. The minimum absolute atomic E-state index is 0.0977. The van der Waals surface area contributed by atoms with Crippen LogP contribution in [-0.4, -0.2) is 34.6 Å². The van der Waals surface area contributed by atoms with E-state index in [4.69, 9.17) is 16.0 Å². The van der Waals surface area contributed by atoms with Crippen molar-refractivity contribution in [1.29, 1.82) is 0 Å². The number of furan rings is 1. The highest BCUT2D eigenvalue weighted by Crippen LogP contribution is 2.34. The van der Waals surface area contributed by atoms with Gasteiger partial charge in [0.25, 0.3) is 17.5 Å². The van der Waals surface area contributed by atoms with E-state index < -0.39 is 36.2 Å². The smallest absolute Gasteiger partial charge is 0.440 e. The molecule has 0 bridgehead atoms. The molecule has 0 radical (unpaired) electrons. The second kappa shape index (κ2) is 6.62. The van der Waals surface area contributed by atoms with Gasteiger partial charge in [-0.3, -0.25) is 19.8 Å².